The van der Waals surface area contributed by atoms with E-state index in [2.05, 4.69) is 22.0 Å². The maximum absolute atomic E-state index is 12.6. The van der Waals surface area contributed by atoms with Crippen LogP contribution in [0.4, 0.5) is 5.69 Å². The SMILES string of the molecule is Cc1ccc(Cl)cc1N1CCN(C(=O)CCc2nc(-c3ccccc3Cl)no2)CC1. The largest absolute Gasteiger partial charge is 0.368 e. The Morgan fingerprint density at radius 3 is 2.63 bits per heavy atom. The Morgan fingerprint density at radius 2 is 1.87 bits per heavy atom. The van der Waals surface area contributed by atoms with E-state index >= 15 is 0 Å². The average Bonchev–Trinajstić information content (AvgIpc) is 3.23. The first-order valence-corrected chi connectivity index (χ1v) is 10.6. The Balaban J connectivity index is 1.31. The van der Waals surface area contributed by atoms with E-state index < -0.39 is 0 Å². The van der Waals surface area contributed by atoms with Crippen LogP contribution in [0.25, 0.3) is 11.4 Å². The van der Waals surface area contributed by atoms with Gasteiger partial charge in [0.05, 0.1) is 5.02 Å². The summed E-state index contributed by atoms with van der Waals surface area (Å²) in [6, 6.07) is 13.2. The molecule has 0 saturated carbocycles. The van der Waals surface area contributed by atoms with Gasteiger partial charge < -0.3 is 14.3 Å². The number of carbonyl (C=O) groups excluding carboxylic acids is 1. The van der Waals surface area contributed by atoms with E-state index in [1.807, 2.05) is 41.3 Å². The highest BCUT2D eigenvalue weighted by molar-refractivity contribution is 6.33. The summed E-state index contributed by atoms with van der Waals surface area (Å²) in [5.41, 5.74) is 3.03. The first kappa shape index (κ1) is 20.7. The van der Waals surface area contributed by atoms with Gasteiger partial charge in [-0.15, -0.1) is 0 Å². The van der Waals surface area contributed by atoms with Crippen LogP contribution in [0, 0.1) is 6.92 Å². The predicted molar refractivity (Wildman–Crippen MR) is 118 cm³/mol. The van der Waals surface area contributed by atoms with Crippen LogP contribution in [0.3, 0.4) is 0 Å². The monoisotopic (exact) mass is 444 g/mol. The van der Waals surface area contributed by atoms with Crippen LogP contribution in [0.5, 0.6) is 0 Å². The van der Waals surface area contributed by atoms with Gasteiger partial charge in [0.25, 0.3) is 0 Å². The molecule has 0 unspecified atom stereocenters. The Morgan fingerprint density at radius 1 is 1.10 bits per heavy atom. The van der Waals surface area contributed by atoms with E-state index in [-0.39, 0.29) is 5.91 Å². The number of rotatable bonds is 5. The van der Waals surface area contributed by atoms with Gasteiger partial charge in [-0.3, -0.25) is 4.79 Å². The lowest BCUT2D eigenvalue weighted by Crippen LogP contribution is -2.49. The zero-order valence-electron chi connectivity index (χ0n) is 16.6. The summed E-state index contributed by atoms with van der Waals surface area (Å²) >= 11 is 12.3. The van der Waals surface area contributed by atoms with Crippen LogP contribution >= 0.6 is 23.2 Å². The van der Waals surface area contributed by atoms with Crippen molar-refractivity contribution in [1.29, 1.82) is 0 Å². The summed E-state index contributed by atoms with van der Waals surface area (Å²) in [6.45, 7) is 5.00. The second-order valence-electron chi connectivity index (χ2n) is 7.29. The lowest BCUT2D eigenvalue weighted by Gasteiger charge is -2.37. The van der Waals surface area contributed by atoms with Gasteiger partial charge in [0, 0.05) is 55.3 Å². The van der Waals surface area contributed by atoms with Crippen molar-refractivity contribution in [3.05, 3.63) is 64.0 Å². The fourth-order valence-electron chi connectivity index (χ4n) is 3.60. The molecule has 6 nitrogen and oxygen atoms in total. The molecule has 0 atom stereocenters. The Labute approximate surface area is 185 Å². The van der Waals surface area contributed by atoms with Crippen molar-refractivity contribution in [1.82, 2.24) is 15.0 Å². The maximum atomic E-state index is 12.6. The Kier molecular flexibility index (Phi) is 6.25. The lowest BCUT2D eigenvalue weighted by molar-refractivity contribution is -0.131. The second kappa shape index (κ2) is 9.06. The van der Waals surface area contributed by atoms with Gasteiger partial charge in [0.1, 0.15) is 0 Å². The molecule has 8 heteroatoms. The van der Waals surface area contributed by atoms with Gasteiger partial charge in [0.15, 0.2) is 0 Å². The normalized spacial score (nSPS) is 14.2. The van der Waals surface area contributed by atoms with Crippen molar-refractivity contribution < 1.29 is 9.32 Å². The number of carbonyl (C=O) groups is 1. The van der Waals surface area contributed by atoms with Crippen molar-refractivity contribution in [3.63, 3.8) is 0 Å². The van der Waals surface area contributed by atoms with Gasteiger partial charge in [-0.25, -0.2) is 0 Å². The molecular weight excluding hydrogens is 423 g/mol. The number of benzene rings is 2. The quantitative estimate of drug-likeness (QED) is 0.573. The highest BCUT2D eigenvalue weighted by Gasteiger charge is 2.23. The minimum Gasteiger partial charge on any atom is -0.368 e. The Hall–Kier alpha value is -2.57. The van der Waals surface area contributed by atoms with Crippen LogP contribution in [0.1, 0.15) is 17.9 Å². The van der Waals surface area contributed by atoms with Crippen molar-refractivity contribution in [2.24, 2.45) is 0 Å². The molecule has 1 saturated heterocycles. The maximum Gasteiger partial charge on any atom is 0.227 e. The average molecular weight is 445 g/mol. The van der Waals surface area contributed by atoms with E-state index in [0.29, 0.717) is 48.2 Å². The molecule has 30 heavy (non-hydrogen) atoms. The smallest absolute Gasteiger partial charge is 0.227 e. The predicted octanol–water partition coefficient (Wildman–Crippen LogP) is 4.63. The summed E-state index contributed by atoms with van der Waals surface area (Å²) in [5.74, 6) is 0.968. The standard InChI is InChI=1S/C22H22Cl2N4O2/c1-15-6-7-16(23)14-19(15)27-10-12-28(13-11-27)21(29)9-8-20-25-22(26-30-20)17-4-2-3-5-18(17)24/h2-7,14H,8-13H2,1H3. The molecule has 1 aliphatic rings. The number of amides is 1. The third kappa shape index (κ3) is 4.60. The van der Waals surface area contributed by atoms with E-state index in [9.17, 15) is 4.79 Å². The first-order valence-electron chi connectivity index (χ1n) is 9.87. The summed E-state index contributed by atoms with van der Waals surface area (Å²) in [6.07, 6.45) is 0.740. The van der Waals surface area contributed by atoms with E-state index in [1.54, 1.807) is 6.07 Å². The zero-order chi connectivity index (χ0) is 21.1. The van der Waals surface area contributed by atoms with Gasteiger partial charge in [0.2, 0.25) is 17.6 Å². The zero-order valence-corrected chi connectivity index (χ0v) is 18.2. The molecular formula is C22H22Cl2N4O2. The van der Waals surface area contributed by atoms with Crippen molar-refractivity contribution in [2.45, 2.75) is 19.8 Å². The third-order valence-electron chi connectivity index (χ3n) is 5.28. The molecule has 1 aliphatic heterocycles. The van der Waals surface area contributed by atoms with E-state index in [4.69, 9.17) is 27.7 Å². The lowest BCUT2D eigenvalue weighted by atomic mass is 10.1. The van der Waals surface area contributed by atoms with Gasteiger partial charge >= 0.3 is 0 Å². The Bertz CT molecular complexity index is 1050. The number of hydrogen-bond acceptors (Lipinski definition) is 5. The first-order chi connectivity index (χ1) is 14.5. The topological polar surface area (TPSA) is 62.5 Å². The number of aryl methyl sites for hydroxylation is 2. The molecule has 0 radical (unpaired) electrons. The molecule has 1 amide bonds. The van der Waals surface area contributed by atoms with Crippen molar-refractivity contribution in [3.8, 4) is 11.4 Å². The molecule has 0 N–H and O–H groups in total. The fraction of sp³-hybridized carbons (Fsp3) is 0.318. The molecule has 2 aromatic carbocycles. The highest BCUT2D eigenvalue weighted by Crippen LogP contribution is 2.26. The number of nitrogens with zero attached hydrogens (tertiary/aromatic N) is 4. The minimum absolute atomic E-state index is 0.0926. The molecule has 0 spiro atoms. The van der Waals surface area contributed by atoms with Crippen LogP contribution in [-0.2, 0) is 11.2 Å². The fourth-order valence-corrected chi connectivity index (χ4v) is 3.99. The molecule has 2 heterocycles. The van der Waals surface area contributed by atoms with Crippen LogP contribution < -0.4 is 4.90 Å². The molecule has 3 aromatic rings. The number of aromatic nitrogens is 2. The number of piperazine rings is 1. The minimum atomic E-state index is 0.0926. The molecule has 4 rings (SSSR count). The van der Waals surface area contributed by atoms with E-state index in [0.717, 1.165) is 23.8 Å². The number of hydrogen-bond donors (Lipinski definition) is 0. The third-order valence-corrected chi connectivity index (χ3v) is 5.84. The van der Waals surface area contributed by atoms with Crippen molar-refractivity contribution >= 4 is 34.8 Å². The van der Waals surface area contributed by atoms with Gasteiger partial charge in [-0.05, 0) is 36.8 Å². The van der Waals surface area contributed by atoms with Crippen LogP contribution in [0.15, 0.2) is 47.0 Å². The highest BCUT2D eigenvalue weighted by atomic mass is 35.5. The number of halogens is 2. The van der Waals surface area contributed by atoms with Gasteiger partial charge in [-0.1, -0.05) is 46.6 Å². The van der Waals surface area contributed by atoms with Crippen LogP contribution in [0.2, 0.25) is 10.0 Å². The summed E-state index contributed by atoms with van der Waals surface area (Å²) in [5, 5.41) is 5.27. The summed E-state index contributed by atoms with van der Waals surface area (Å²) in [7, 11) is 0. The molecule has 1 fully saturated rings. The second-order valence-corrected chi connectivity index (χ2v) is 8.13. The van der Waals surface area contributed by atoms with Crippen molar-refractivity contribution in [2.75, 3.05) is 31.1 Å². The summed E-state index contributed by atoms with van der Waals surface area (Å²) < 4.78 is 5.30. The summed E-state index contributed by atoms with van der Waals surface area (Å²) in [4.78, 5) is 21.2. The molecule has 0 bridgehead atoms. The molecule has 0 aliphatic carbocycles. The van der Waals surface area contributed by atoms with Gasteiger partial charge in [-0.2, -0.15) is 4.98 Å². The van der Waals surface area contributed by atoms with Crippen LogP contribution in [-0.4, -0.2) is 47.1 Å². The number of anilines is 1. The molecule has 156 valence electrons. The van der Waals surface area contributed by atoms with E-state index in [1.165, 1.54) is 5.56 Å². The molecule has 1 aromatic heterocycles.